The van der Waals surface area contributed by atoms with Crippen molar-refractivity contribution in [2.45, 2.75) is 19.9 Å². The maximum Gasteiger partial charge on any atom is 0.258 e. The number of aromatic nitrogens is 2. The molecule has 2 aromatic heterocycles. The number of aliphatic imine (C=N–C) groups is 1. The van der Waals surface area contributed by atoms with E-state index in [2.05, 4.69) is 61.2 Å². The first-order valence-corrected chi connectivity index (χ1v) is 11.0. The number of aromatic amines is 1. The molecule has 0 amide bonds. The van der Waals surface area contributed by atoms with Gasteiger partial charge in [-0.3, -0.25) is 19.7 Å². The van der Waals surface area contributed by atoms with Crippen molar-refractivity contribution < 1.29 is 5.11 Å². The van der Waals surface area contributed by atoms with Crippen LogP contribution >= 0.6 is 22.6 Å². The summed E-state index contributed by atoms with van der Waals surface area (Å²) in [5, 5.41) is 11.4. The number of hydrogen-bond donors (Lipinski definition) is 2. The summed E-state index contributed by atoms with van der Waals surface area (Å²) in [5.74, 6) is 0.759. The zero-order valence-electron chi connectivity index (χ0n) is 17.0. The number of fused-ring (bicyclic) bond motifs is 1. The molecule has 4 rings (SSSR count). The summed E-state index contributed by atoms with van der Waals surface area (Å²) in [6.07, 6.45) is 3.30. The Morgan fingerprint density at radius 2 is 1.93 bits per heavy atom. The largest absolute Gasteiger partial charge is 0.494 e. The van der Waals surface area contributed by atoms with Gasteiger partial charge in [0, 0.05) is 52.8 Å². The maximum absolute atomic E-state index is 12.1. The summed E-state index contributed by atoms with van der Waals surface area (Å²) >= 11 is 2.18. The van der Waals surface area contributed by atoms with E-state index in [1.54, 1.807) is 18.5 Å². The molecule has 3 aromatic rings. The zero-order valence-corrected chi connectivity index (χ0v) is 19.1. The van der Waals surface area contributed by atoms with E-state index < -0.39 is 0 Å². The van der Waals surface area contributed by atoms with Crippen molar-refractivity contribution in [1.29, 1.82) is 0 Å². The number of pyridine rings is 2. The van der Waals surface area contributed by atoms with Crippen LogP contribution in [-0.2, 0) is 0 Å². The second-order valence-corrected chi connectivity index (χ2v) is 8.90. The monoisotopic (exact) mass is 517 g/mol. The predicted octanol–water partition coefficient (Wildman–Crippen LogP) is 3.51. The molecule has 0 saturated carbocycles. The van der Waals surface area contributed by atoms with E-state index in [0.717, 1.165) is 35.6 Å². The van der Waals surface area contributed by atoms with E-state index in [1.165, 1.54) is 0 Å². The Kier molecular flexibility index (Phi) is 6.05. The Morgan fingerprint density at radius 1 is 1.17 bits per heavy atom. The standard InChI is InChI=1S/C22H24IN5O2/c1-14(2)27-7-9-28(10-8-27)20-6-4-16(12-25-20)24-13-19-18-11-15(23)3-5-17(18)21(29)26-22(19)30/h3-6,11-14H,7-10H2,1-2H3,(H2,26,29,30). The van der Waals surface area contributed by atoms with Gasteiger partial charge in [0.2, 0.25) is 5.88 Å². The van der Waals surface area contributed by atoms with E-state index in [9.17, 15) is 9.90 Å². The van der Waals surface area contributed by atoms with Crippen LogP contribution in [0, 0.1) is 3.57 Å². The van der Waals surface area contributed by atoms with Gasteiger partial charge in [0.25, 0.3) is 5.56 Å². The molecule has 156 valence electrons. The highest BCUT2D eigenvalue weighted by molar-refractivity contribution is 14.1. The molecule has 1 saturated heterocycles. The molecule has 0 bridgehead atoms. The van der Waals surface area contributed by atoms with Crippen LogP contribution in [0.15, 0.2) is 46.3 Å². The first-order chi connectivity index (χ1) is 14.4. The van der Waals surface area contributed by atoms with Crippen molar-refractivity contribution in [3.63, 3.8) is 0 Å². The van der Waals surface area contributed by atoms with Crippen LogP contribution in [0.4, 0.5) is 11.5 Å². The summed E-state index contributed by atoms with van der Waals surface area (Å²) in [4.78, 5) is 28.4. The highest BCUT2D eigenvalue weighted by atomic mass is 127. The van der Waals surface area contributed by atoms with E-state index in [1.807, 2.05) is 24.3 Å². The van der Waals surface area contributed by atoms with E-state index in [-0.39, 0.29) is 11.4 Å². The number of benzene rings is 1. The van der Waals surface area contributed by atoms with Gasteiger partial charge in [0.1, 0.15) is 5.82 Å². The van der Waals surface area contributed by atoms with Gasteiger partial charge in [-0.15, -0.1) is 0 Å². The Labute approximate surface area is 188 Å². The van der Waals surface area contributed by atoms with Crippen molar-refractivity contribution in [2.75, 3.05) is 31.1 Å². The lowest BCUT2D eigenvalue weighted by molar-refractivity contribution is 0.209. The molecule has 8 heteroatoms. The highest BCUT2D eigenvalue weighted by Crippen LogP contribution is 2.24. The number of nitrogens with one attached hydrogen (secondary N) is 1. The molecule has 1 aliphatic rings. The fourth-order valence-electron chi connectivity index (χ4n) is 3.69. The molecule has 0 spiro atoms. The van der Waals surface area contributed by atoms with Gasteiger partial charge in [-0.2, -0.15) is 0 Å². The third-order valence-electron chi connectivity index (χ3n) is 5.45. The SMILES string of the molecule is CC(C)N1CCN(c2ccc(N=Cc3c(O)[nH]c(=O)c4ccc(I)cc34)cn2)CC1. The molecule has 2 N–H and O–H groups in total. The number of rotatable bonds is 4. The summed E-state index contributed by atoms with van der Waals surface area (Å²) in [7, 11) is 0. The lowest BCUT2D eigenvalue weighted by Crippen LogP contribution is -2.49. The van der Waals surface area contributed by atoms with Gasteiger partial charge in [-0.05, 0) is 66.8 Å². The maximum atomic E-state index is 12.1. The number of H-pyrrole nitrogens is 1. The second-order valence-electron chi connectivity index (χ2n) is 7.66. The van der Waals surface area contributed by atoms with Gasteiger partial charge in [0.15, 0.2) is 0 Å². The minimum absolute atomic E-state index is 0.189. The Balaban J connectivity index is 1.54. The first-order valence-electron chi connectivity index (χ1n) is 9.96. The smallest absolute Gasteiger partial charge is 0.258 e. The molecule has 0 unspecified atom stereocenters. The molecule has 0 radical (unpaired) electrons. The summed E-state index contributed by atoms with van der Waals surface area (Å²) in [6, 6.07) is 9.94. The van der Waals surface area contributed by atoms with Crippen LogP contribution in [0.3, 0.4) is 0 Å². The molecule has 1 aliphatic heterocycles. The van der Waals surface area contributed by atoms with Gasteiger partial charge >= 0.3 is 0 Å². The average molecular weight is 517 g/mol. The summed E-state index contributed by atoms with van der Waals surface area (Å²) in [6.45, 7) is 8.45. The molecule has 30 heavy (non-hydrogen) atoms. The summed E-state index contributed by atoms with van der Waals surface area (Å²) < 4.78 is 0.975. The summed E-state index contributed by atoms with van der Waals surface area (Å²) in [5.41, 5.74) is 0.848. The van der Waals surface area contributed by atoms with Crippen LogP contribution in [0.25, 0.3) is 10.8 Å². The third kappa shape index (κ3) is 4.34. The Morgan fingerprint density at radius 3 is 2.60 bits per heavy atom. The van der Waals surface area contributed by atoms with Crippen molar-refractivity contribution in [3.05, 3.63) is 56.0 Å². The lowest BCUT2D eigenvalue weighted by Gasteiger charge is -2.37. The minimum Gasteiger partial charge on any atom is -0.494 e. The van der Waals surface area contributed by atoms with Gasteiger partial charge in [0.05, 0.1) is 17.4 Å². The van der Waals surface area contributed by atoms with Gasteiger partial charge < -0.3 is 10.0 Å². The third-order valence-corrected chi connectivity index (χ3v) is 6.12. The average Bonchev–Trinajstić information content (AvgIpc) is 2.74. The van der Waals surface area contributed by atoms with Crippen LogP contribution in [0.5, 0.6) is 5.88 Å². The predicted molar refractivity (Wildman–Crippen MR) is 129 cm³/mol. The highest BCUT2D eigenvalue weighted by Gasteiger charge is 2.19. The number of halogens is 1. The van der Waals surface area contributed by atoms with Crippen LogP contribution in [0.1, 0.15) is 19.4 Å². The lowest BCUT2D eigenvalue weighted by atomic mass is 10.1. The molecular formula is C22H24IN5O2. The fraction of sp³-hybridized carbons (Fsp3) is 0.318. The van der Waals surface area contributed by atoms with E-state index >= 15 is 0 Å². The minimum atomic E-state index is -0.320. The number of hydrogen-bond acceptors (Lipinski definition) is 6. The molecule has 0 aliphatic carbocycles. The molecular weight excluding hydrogens is 493 g/mol. The van der Waals surface area contributed by atoms with Gasteiger partial charge in [-0.25, -0.2) is 4.98 Å². The normalized spacial score (nSPS) is 15.5. The Hall–Kier alpha value is -2.46. The van der Waals surface area contributed by atoms with Crippen LogP contribution in [-0.4, -0.2) is 58.4 Å². The van der Waals surface area contributed by atoms with Crippen LogP contribution in [0.2, 0.25) is 0 Å². The van der Waals surface area contributed by atoms with Gasteiger partial charge in [-0.1, -0.05) is 0 Å². The molecule has 1 aromatic carbocycles. The second kappa shape index (κ2) is 8.73. The molecule has 3 heterocycles. The Bertz CT molecular complexity index is 1130. The van der Waals surface area contributed by atoms with Crippen molar-refractivity contribution in [1.82, 2.24) is 14.9 Å². The number of nitrogens with zero attached hydrogens (tertiary/aromatic N) is 4. The molecule has 0 atom stereocenters. The van der Waals surface area contributed by atoms with E-state index in [4.69, 9.17) is 0 Å². The van der Waals surface area contributed by atoms with Crippen LogP contribution < -0.4 is 10.5 Å². The topological polar surface area (TPSA) is 84.8 Å². The van der Waals surface area contributed by atoms with Crippen molar-refractivity contribution in [3.8, 4) is 5.88 Å². The number of piperazine rings is 1. The zero-order chi connectivity index (χ0) is 21.3. The first kappa shape index (κ1) is 20.8. The quantitative estimate of drug-likeness (QED) is 0.409. The molecule has 7 nitrogen and oxygen atoms in total. The fourth-order valence-corrected chi connectivity index (χ4v) is 4.18. The van der Waals surface area contributed by atoms with Crippen molar-refractivity contribution >= 4 is 51.1 Å². The van der Waals surface area contributed by atoms with E-state index in [0.29, 0.717) is 28.1 Å². The number of aromatic hydroxyl groups is 1. The number of anilines is 1. The van der Waals surface area contributed by atoms with Crippen molar-refractivity contribution in [2.24, 2.45) is 4.99 Å². The molecule has 1 fully saturated rings.